The highest BCUT2D eigenvalue weighted by Gasteiger charge is 2.20. The van der Waals surface area contributed by atoms with E-state index in [0.29, 0.717) is 22.7 Å². The number of fused-ring (bicyclic) bond motifs is 1. The highest BCUT2D eigenvalue weighted by Crippen LogP contribution is 2.30. The molecule has 1 saturated carbocycles. The Morgan fingerprint density at radius 3 is 3.04 bits per heavy atom. The molecule has 2 atom stereocenters. The van der Waals surface area contributed by atoms with E-state index < -0.39 is 0 Å². The monoisotopic (exact) mass is 342 g/mol. The van der Waals surface area contributed by atoms with Crippen molar-refractivity contribution in [3.63, 3.8) is 0 Å². The summed E-state index contributed by atoms with van der Waals surface area (Å²) >= 11 is 6.34. The van der Waals surface area contributed by atoms with Crippen molar-refractivity contribution in [3.8, 4) is 11.3 Å². The lowest BCUT2D eigenvalue weighted by Crippen LogP contribution is -2.35. The van der Waals surface area contributed by atoms with Crippen molar-refractivity contribution >= 4 is 23.1 Å². The molecule has 3 aromatic heterocycles. The van der Waals surface area contributed by atoms with Gasteiger partial charge in [-0.1, -0.05) is 17.7 Å². The molecule has 0 saturated heterocycles. The molecule has 0 aromatic carbocycles. The second kappa shape index (κ2) is 6.37. The quantitative estimate of drug-likeness (QED) is 0.764. The van der Waals surface area contributed by atoms with Gasteiger partial charge in [-0.2, -0.15) is 5.10 Å². The first-order chi connectivity index (χ1) is 11.7. The van der Waals surface area contributed by atoms with E-state index in [1.807, 2.05) is 24.4 Å². The predicted molar refractivity (Wildman–Crippen MR) is 95.1 cm³/mol. The molecule has 3 heterocycles. The van der Waals surface area contributed by atoms with Gasteiger partial charge in [0.15, 0.2) is 0 Å². The molecule has 7 heteroatoms. The van der Waals surface area contributed by atoms with Gasteiger partial charge in [-0.15, -0.1) is 0 Å². The molecule has 0 amide bonds. The lowest BCUT2D eigenvalue weighted by Gasteiger charge is -2.27. The van der Waals surface area contributed by atoms with Gasteiger partial charge in [-0.05, 0) is 37.8 Å². The van der Waals surface area contributed by atoms with Crippen LogP contribution in [0.4, 0.5) is 5.95 Å². The number of hydrogen-bond acceptors (Lipinski definition) is 5. The van der Waals surface area contributed by atoms with Crippen LogP contribution in [-0.4, -0.2) is 31.7 Å². The molecular formula is C17H19ClN6. The lowest BCUT2D eigenvalue weighted by molar-refractivity contribution is 0.408. The maximum Gasteiger partial charge on any atom is 0.223 e. The zero-order valence-electron chi connectivity index (χ0n) is 13.2. The van der Waals surface area contributed by atoms with E-state index in [0.717, 1.165) is 36.8 Å². The first-order valence-electron chi connectivity index (χ1n) is 8.18. The molecule has 1 aliphatic carbocycles. The molecule has 1 aliphatic rings. The van der Waals surface area contributed by atoms with Crippen molar-refractivity contribution < 1.29 is 0 Å². The van der Waals surface area contributed by atoms with E-state index in [2.05, 4.69) is 20.4 Å². The summed E-state index contributed by atoms with van der Waals surface area (Å²) in [6.07, 6.45) is 9.58. The number of hydrogen-bond donors (Lipinski definition) is 2. The highest BCUT2D eigenvalue weighted by atomic mass is 35.5. The molecule has 0 bridgehead atoms. The Balaban J connectivity index is 1.66. The largest absolute Gasteiger partial charge is 0.351 e. The number of nitrogens with two attached hydrogens (primary N) is 1. The minimum absolute atomic E-state index is 0.252. The Hall–Kier alpha value is -2.18. The van der Waals surface area contributed by atoms with Crippen LogP contribution in [0, 0.1) is 0 Å². The number of nitrogens with zero attached hydrogens (tertiary/aromatic N) is 4. The predicted octanol–water partition coefficient (Wildman–Crippen LogP) is 3.13. The van der Waals surface area contributed by atoms with Crippen LogP contribution in [0.5, 0.6) is 0 Å². The molecule has 124 valence electrons. The summed E-state index contributed by atoms with van der Waals surface area (Å²) in [7, 11) is 0. The van der Waals surface area contributed by atoms with Crippen molar-refractivity contribution in [2.24, 2.45) is 5.73 Å². The lowest BCUT2D eigenvalue weighted by atomic mass is 9.92. The van der Waals surface area contributed by atoms with Gasteiger partial charge in [0.2, 0.25) is 5.95 Å². The van der Waals surface area contributed by atoms with Gasteiger partial charge in [-0.25, -0.2) is 14.5 Å². The molecule has 4 rings (SSSR count). The Kier molecular flexibility index (Phi) is 4.08. The van der Waals surface area contributed by atoms with Gasteiger partial charge < -0.3 is 11.1 Å². The fourth-order valence-corrected chi connectivity index (χ4v) is 3.48. The van der Waals surface area contributed by atoms with Crippen LogP contribution in [0.3, 0.4) is 0 Å². The van der Waals surface area contributed by atoms with Gasteiger partial charge in [-0.3, -0.25) is 0 Å². The normalized spacial score (nSPS) is 21.1. The van der Waals surface area contributed by atoms with Crippen molar-refractivity contribution in [1.29, 1.82) is 0 Å². The van der Waals surface area contributed by atoms with Gasteiger partial charge in [0.25, 0.3) is 0 Å². The van der Waals surface area contributed by atoms with E-state index in [9.17, 15) is 0 Å². The third-order valence-electron chi connectivity index (χ3n) is 4.47. The zero-order valence-corrected chi connectivity index (χ0v) is 13.9. The van der Waals surface area contributed by atoms with Gasteiger partial charge in [0.05, 0.1) is 28.6 Å². The number of rotatable bonds is 3. The average molecular weight is 343 g/mol. The molecular weight excluding hydrogens is 324 g/mol. The first kappa shape index (κ1) is 15.4. The molecule has 24 heavy (non-hydrogen) atoms. The summed E-state index contributed by atoms with van der Waals surface area (Å²) < 4.78 is 1.81. The molecule has 0 spiro atoms. The van der Waals surface area contributed by atoms with Crippen LogP contribution >= 0.6 is 11.6 Å². The molecule has 1 fully saturated rings. The molecule has 0 unspecified atom stereocenters. The Morgan fingerprint density at radius 2 is 2.17 bits per heavy atom. The summed E-state index contributed by atoms with van der Waals surface area (Å²) in [4.78, 5) is 8.96. The van der Waals surface area contributed by atoms with Crippen LogP contribution in [0.1, 0.15) is 25.7 Å². The Bertz CT molecular complexity index is 861. The molecule has 3 N–H and O–H groups in total. The fraction of sp³-hybridized carbons (Fsp3) is 0.353. The zero-order chi connectivity index (χ0) is 16.5. The van der Waals surface area contributed by atoms with Crippen molar-refractivity contribution in [3.05, 3.63) is 41.8 Å². The van der Waals surface area contributed by atoms with Gasteiger partial charge in [0.1, 0.15) is 0 Å². The van der Waals surface area contributed by atoms with Gasteiger partial charge in [0, 0.05) is 23.8 Å². The third kappa shape index (κ3) is 2.95. The molecule has 0 aliphatic heterocycles. The maximum absolute atomic E-state index is 6.34. The van der Waals surface area contributed by atoms with Gasteiger partial charge >= 0.3 is 0 Å². The SMILES string of the molecule is N[C@H]1CCC[C@@H](Nc2ncc(Cl)c(-c3cnn4ccccc34)n2)C1. The van der Waals surface area contributed by atoms with Crippen LogP contribution in [-0.2, 0) is 0 Å². The van der Waals surface area contributed by atoms with E-state index in [1.165, 1.54) is 0 Å². The average Bonchev–Trinajstić information content (AvgIpc) is 3.01. The summed E-state index contributed by atoms with van der Waals surface area (Å²) in [6.45, 7) is 0. The minimum Gasteiger partial charge on any atom is -0.351 e. The van der Waals surface area contributed by atoms with Crippen LogP contribution in [0.2, 0.25) is 5.02 Å². The smallest absolute Gasteiger partial charge is 0.223 e. The standard InChI is InChI=1S/C17H19ClN6/c18-14-10-20-17(22-12-5-3-4-11(19)8-12)23-16(14)13-9-21-24-7-2-1-6-15(13)24/h1-2,6-7,9-12H,3-5,8,19H2,(H,20,22,23)/t11-,12+/m0/s1. The van der Waals surface area contributed by atoms with Crippen molar-refractivity contribution in [1.82, 2.24) is 19.6 Å². The topological polar surface area (TPSA) is 81.1 Å². The highest BCUT2D eigenvalue weighted by molar-refractivity contribution is 6.33. The number of anilines is 1. The minimum atomic E-state index is 0.252. The van der Waals surface area contributed by atoms with Crippen LogP contribution in [0.15, 0.2) is 36.8 Å². The molecule has 0 radical (unpaired) electrons. The van der Waals surface area contributed by atoms with Crippen LogP contribution in [0.25, 0.3) is 16.8 Å². The van der Waals surface area contributed by atoms with Crippen molar-refractivity contribution in [2.45, 2.75) is 37.8 Å². The summed E-state index contributed by atoms with van der Waals surface area (Å²) in [5, 5.41) is 8.27. The number of halogens is 1. The Morgan fingerprint density at radius 1 is 1.25 bits per heavy atom. The second-order valence-corrected chi connectivity index (χ2v) is 6.65. The van der Waals surface area contributed by atoms with E-state index in [1.54, 1.807) is 16.9 Å². The number of aromatic nitrogens is 4. The third-order valence-corrected chi connectivity index (χ3v) is 4.75. The fourth-order valence-electron chi connectivity index (χ4n) is 3.28. The maximum atomic E-state index is 6.34. The number of nitrogens with one attached hydrogen (secondary N) is 1. The van der Waals surface area contributed by atoms with E-state index in [-0.39, 0.29) is 6.04 Å². The number of pyridine rings is 1. The van der Waals surface area contributed by atoms with E-state index in [4.69, 9.17) is 17.3 Å². The summed E-state index contributed by atoms with van der Waals surface area (Å²) in [6, 6.07) is 6.46. The summed E-state index contributed by atoms with van der Waals surface area (Å²) in [5.74, 6) is 0.587. The first-order valence-corrected chi connectivity index (χ1v) is 8.56. The van der Waals surface area contributed by atoms with Crippen LogP contribution < -0.4 is 11.1 Å². The summed E-state index contributed by atoms with van der Waals surface area (Å²) in [5.41, 5.74) is 8.61. The Labute approximate surface area is 145 Å². The van der Waals surface area contributed by atoms with E-state index >= 15 is 0 Å². The van der Waals surface area contributed by atoms with Crippen molar-refractivity contribution in [2.75, 3.05) is 5.32 Å². The second-order valence-electron chi connectivity index (χ2n) is 6.25. The molecule has 6 nitrogen and oxygen atoms in total. The molecule has 3 aromatic rings.